The second-order valence-corrected chi connectivity index (χ2v) is 4.70. The van der Waals surface area contributed by atoms with E-state index in [0.717, 1.165) is 6.07 Å². The van der Waals surface area contributed by atoms with Gasteiger partial charge in [-0.2, -0.15) is 0 Å². The van der Waals surface area contributed by atoms with Crippen molar-refractivity contribution in [2.24, 2.45) is 5.73 Å². The molecule has 0 aliphatic carbocycles. The molecule has 2 rings (SSSR count). The Bertz CT molecular complexity index is 548. The molecule has 19 heavy (non-hydrogen) atoms. The van der Waals surface area contributed by atoms with Crippen LogP contribution in [0.25, 0.3) is 0 Å². The van der Waals surface area contributed by atoms with Crippen LogP contribution < -0.4 is 5.73 Å². The molecule has 0 unspecified atom stereocenters. The van der Waals surface area contributed by atoms with Gasteiger partial charge in [-0.1, -0.05) is 0 Å². The quantitative estimate of drug-likeness (QED) is 0.925. The Morgan fingerprint density at radius 1 is 1.21 bits per heavy atom. The second-order valence-electron chi connectivity index (χ2n) is 3.84. The van der Waals surface area contributed by atoms with Crippen LogP contribution in [0, 0.1) is 11.6 Å². The Labute approximate surface area is 123 Å². The third-order valence-corrected chi connectivity index (χ3v) is 3.04. The lowest BCUT2D eigenvalue weighted by atomic mass is 10.0. The van der Waals surface area contributed by atoms with E-state index < -0.39 is 17.7 Å². The minimum Gasteiger partial charge on any atom is -0.322 e. The predicted molar refractivity (Wildman–Crippen MR) is 74.0 cm³/mol. The summed E-state index contributed by atoms with van der Waals surface area (Å²) < 4.78 is 26.8. The lowest BCUT2D eigenvalue weighted by Crippen LogP contribution is -2.16. The topological polar surface area (TPSA) is 51.8 Å². The Morgan fingerprint density at radius 2 is 1.84 bits per heavy atom. The van der Waals surface area contributed by atoms with Gasteiger partial charge in [-0.15, -0.1) is 12.4 Å². The van der Waals surface area contributed by atoms with Gasteiger partial charge in [0.15, 0.2) is 0 Å². The Balaban J connectivity index is 0.00000180. The molecule has 0 spiro atoms. The summed E-state index contributed by atoms with van der Waals surface area (Å²) in [6.45, 7) is 0. The Kier molecular flexibility index (Phi) is 5.78. The van der Waals surface area contributed by atoms with Gasteiger partial charge in [-0.25, -0.2) is 18.7 Å². The van der Waals surface area contributed by atoms with Gasteiger partial charge in [-0.3, -0.25) is 0 Å². The predicted octanol–water partition coefficient (Wildman–Crippen LogP) is 3.18. The molecule has 0 bridgehead atoms. The van der Waals surface area contributed by atoms with Gasteiger partial charge in [0.2, 0.25) is 0 Å². The van der Waals surface area contributed by atoms with Crippen LogP contribution in [0.2, 0.25) is 0 Å². The standard InChI is InChI=1S/C12H10BrF2N3.ClH/c13-10-5-17-6-18-12(10)11(16)3-7-1-8(14)4-9(15)2-7;/h1-2,4-6,11H,3,16H2;1H/t11-;/m1./s1. The monoisotopic (exact) mass is 349 g/mol. The molecule has 0 amide bonds. The maximum Gasteiger partial charge on any atom is 0.126 e. The lowest BCUT2D eigenvalue weighted by Gasteiger charge is -2.12. The number of hydrogen-bond donors (Lipinski definition) is 1. The van der Waals surface area contributed by atoms with E-state index in [1.807, 2.05) is 0 Å². The minimum absolute atomic E-state index is 0. The number of nitrogens with zero attached hydrogens (tertiary/aromatic N) is 2. The van der Waals surface area contributed by atoms with Crippen LogP contribution in [0.5, 0.6) is 0 Å². The van der Waals surface area contributed by atoms with Gasteiger partial charge in [0.05, 0.1) is 16.2 Å². The molecule has 2 N–H and O–H groups in total. The molecule has 102 valence electrons. The van der Waals surface area contributed by atoms with Crippen molar-refractivity contribution in [2.45, 2.75) is 12.5 Å². The molecule has 0 saturated carbocycles. The van der Waals surface area contributed by atoms with Crippen molar-refractivity contribution in [1.29, 1.82) is 0 Å². The molecule has 7 heteroatoms. The molecule has 1 aromatic carbocycles. The van der Waals surface area contributed by atoms with Crippen LogP contribution in [0.4, 0.5) is 8.78 Å². The van der Waals surface area contributed by atoms with Crippen LogP contribution in [0.3, 0.4) is 0 Å². The first-order valence-electron chi connectivity index (χ1n) is 5.22. The average molecular weight is 351 g/mol. The molecule has 0 aliphatic rings. The van der Waals surface area contributed by atoms with E-state index in [1.165, 1.54) is 18.5 Å². The molecule has 0 radical (unpaired) electrons. The molecular weight excluding hydrogens is 340 g/mol. The van der Waals surface area contributed by atoms with Crippen molar-refractivity contribution in [3.63, 3.8) is 0 Å². The van der Waals surface area contributed by atoms with Gasteiger partial charge in [0.25, 0.3) is 0 Å². The second kappa shape index (κ2) is 6.88. The van der Waals surface area contributed by atoms with Gasteiger partial charge in [-0.05, 0) is 40.0 Å². The number of rotatable bonds is 3. The van der Waals surface area contributed by atoms with E-state index >= 15 is 0 Å². The van der Waals surface area contributed by atoms with Crippen molar-refractivity contribution < 1.29 is 8.78 Å². The Morgan fingerprint density at radius 3 is 2.42 bits per heavy atom. The first-order valence-corrected chi connectivity index (χ1v) is 6.01. The summed E-state index contributed by atoms with van der Waals surface area (Å²) in [6.07, 6.45) is 3.25. The summed E-state index contributed by atoms with van der Waals surface area (Å²) in [5.41, 5.74) is 7.06. The van der Waals surface area contributed by atoms with Crippen molar-refractivity contribution in [2.75, 3.05) is 0 Å². The molecule has 1 heterocycles. The summed E-state index contributed by atoms with van der Waals surface area (Å²) in [5.74, 6) is -1.22. The number of benzene rings is 1. The van der Waals surface area contributed by atoms with Gasteiger partial charge in [0, 0.05) is 12.3 Å². The van der Waals surface area contributed by atoms with Crippen molar-refractivity contribution in [3.8, 4) is 0 Å². The zero-order valence-electron chi connectivity index (χ0n) is 9.69. The zero-order chi connectivity index (χ0) is 13.1. The van der Waals surface area contributed by atoms with E-state index in [9.17, 15) is 8.78 Å². The van der Waals surface area contributed by atoms with Gasteiger partial charge < -0.3 is 5.73 Å². The first kappa shape index (κ1) is 15.9. The fourth-order valence-electron chi connectivity index (χ4n) is 1.67. The molecule has 0 aliphatic heterocycles. The summed E-state index contributed by atoms with van der Waals surface area (Å²) >= 11 is 3.29. The lowest BCUT2D eigenvalue weighted by molar-refractivity contribution is 0.575. The fraction of sp³-hybridized carbons (Fsp3) is 0.167. The van der Waals surface area contributed by atoms with Crippen molar-refractivity contribution in [3.05, 3.63) is 58.1 Å². The van der Waals surface area contributed by atoms with Crippen LogP contribution in [-0.4, -0.2) is 9.97 Å². The number of halogens is 4. The van der Waals surface area contributed by atoms with Crippen molar-refractivity contribution in [1.82, 2.24) is 9.97 Å². The zero-order valence-corrected chi connectivity index (χ0v) is 12.1. The van der Waals surface area contributed by atoms with Gasteiger partial charge in [0.1, 0.15) is 18.0 Å². The largest absolute Gasteiger partial charge is 0.322 e. The number of nitrogens with two attached hydrogens (primary N) is 1. The van der Waals surface area contributed by atoms with Crippen molar-refractivity contribution >= 4 is 28.3 Å². The maximum atomic E-state index is 13.0. The van der Waals surface area contributed by atoms with Crippen LogP contribution in [0.1, 0.15) is 17.3 Å². The average Bonchev–Trinajstić information content (AvgIpc) is 2.27. The van der Waals surface area contributed by atoms with Gasteiger partial charge >= 0.3 is 0 Å². The molecule has 1 atom stereocenters. The molecule has 2 aromatic rings. The summed E-state index contributed by atoms with van der Waals surface area (Å²) in [6, 6.07) is 2.90. The molecule has 0 fully saturated rings. The van der Waals surface area contributed by atoms with Crippen LogP contribution in [-0.2, 0) is 6.42 Å². The smallest absolute Gasteiger partial charge is 0.126 e. The molecule has 0 saturated heterocycles. The van der Waals surface area contributed by atoms with Crippen LogP contribution in [0.15, 0.2) is 35.2 Å². The number of hydrogen-bond acceptors (Lipinski definition) is 3. The van der Waals surface area contributed by atoms with E-state index in [2.05, 4.69) is 25.9 Å². The fourth-order valence-corrected chi connectivity index (χ4v) is 2.19. The first-order chi connectivity index (χ1) is 8.56. The van der Waals surface area contributed by atoms with Crippen LogP contribution >= 0.6 is 28.3 Å². The summed E-state index contributed by atoms with van der Waals surface area (Å²) in [5, 5.41) is 0. The SMILES string of the molecule is Cl.N[C@H](Cc1cc(F)cc(F)c1)c1ncncc1Br. The minimum atomic E-state index is -0.612. The highest BCUT2D eigenvalue weighted by Gasteiger charge is 2.13. The maximum absolute atomic E-state index is 13.0. The molecular formula is C12H11BrClF2N3. The van der Waals surface area contributed by atoms with E-state index in [0.29, 0.717) is 22.2 Å². The highest BCUT2D eigenvalue weighted by Crippen LogP contribution is 2.22. The third-order valence-electron chi connectivity index (χ3n) is 2.43. The van der Waals surface area contributed by atoms with E-state index in [1.54, 1.807) is 6.20 Å². The van der Waals surface area contributed by atoms with E-state index in [4.69, 9.17) is 5.73 Å². The normalized spacial score (nSPS) is 11.8. The highest BCUT2D eigenvalue weighted by atomic mass is 79.9. The highest BCUT2D eigenvalue weighted by molar-refractivity contribution is 9.10. The summed E-state index contributed by atoms with van der Waals surface area (Å²) in [4.78, 5) is 7.88. The number of aromatic nitrogens is 2. The van der Waals surface area contributed by atoms with E-state index in [-0.39, 0.29) is 12.4 Å². The summed E-state index contributed by atoms with van der Waals surface area (Å²) in [7, 11) is 0. The Hall–Kier alpha value is -1.11. The third kappa shape index (κ3) is 4.19. The molecule has 1 aromatic heterocycles. The molecule has 3 nitrogen and oxygen atoms in total.